The molecule has 33 heavy (non-hydrogen) atoms. The summed E-state index contributed by atoms with van der Waals surface area (Å²) < 4.78 is 3.96. The van der Waals surface area contributed by atoms with Crippen LogP contribution in [-0.2, 0) is 11.3 Å². The second-order valence-corrected chi connectivity index (χ2v) is 9.63. The van der Waals surface area contributed by atoms with Crippen LogP contribution in [0.25, 0.3) is 0 Å². The molecule has 11 heteroatoms. The lowest BCUT2D eigenvalue weighted by Gasteiger charge is -2.31. The first-order valence-electron chi connectivity index (χ1n) is 10.5. The fraction of sp³-hybridized carbons (Fsp3) is 0.318. The van der Waals surface area contributed by atoms with Crippen LogP contribution in [-0.4, -0.2) is 38.0 Å². The van der Waals surface area contributed by atoms with Gasteiger partial charge in [-0.2, -0.15) is 4.37 Å². The highest BCUT2D eigenvalue weighted by molar-refractivity contribution is 7.10. The number of nitrogens with zero attached hydrogens (tertiary/aromatic N) is 3. The van der Waals surface area contributed by atoms with Gasteiger partial charge in [-0.15, -0.1) is 11.3 Å². The van der Waals surface area contributed by atoms with E-state index in [1.807, 2.05) is 17.5 Å². The monoisotopic (exact) mass is 484 g/mol. The molecule has 1 fully saturated rings. The number of nitrogens with two attached hydrogens (primary N) is 2. The molecule has 0 spiro atoms. The zero-order valence-electron chi connectivity index (χ0n) is 17.8. The molecule has 3 heterocycles. The summed E-state index contributed by atoms with van der Waals surface area (Å²) in [6, 6.07) is 6.39. The van der Waals surface area contributed by atoms with Gasteiger partial charge in [0.2, 0.25) is 5.91 Å². The molecule has 3 aromatic heterocycles. The van der Waals surface area contributed by atoms with Crippen LogP contribution in [0, 0.1) is 0 Å². The van der Waals surface area contributed by atoms with E-state index in [2.05, 4.69) is 14.7 Å². The average molecular weight is 485 g/mol. The predicted molar refractivity (Wildman–Crippen MR) is 127 cm³/mol. The van der Waals surface area contributed by atoms with Gasteiger partial charge in [-0.25, -0.2) is 0 Å². The maximum Gasteiger partial charge on any atom is 0.270 e. The van der Waals surface area contributed by atoms with Gasteiger partial charge in [0.1, 0.15) is 10.9 Å². The quantitative estimate of drug-likeness (QED) is 0.448. The Morgan fingerprint density at radius 3 is 2.52 bits per heavy atom. The molecule has 1 unspecified atom stereocenters. The molecular weight excluding hydrogens is 460 g/mol. The summed E-state index contributed by atoms with van der Waals surface area (Å²) in [6.07, 6.45) is 7.14. The fourth-order valence-corrected chi connectivity index (χ4v) is 5.44. The summed E-state index contributed by atoms with van der Waals surface area (Å²) in [4.78, 5) is 45.5. The van der Waals surface area contributed by atoms with Crippen LogP contribution in [0.15, 0.2) is 42.0 Å². The Hall–Kier alpha value is -3.31. The average Bonchev–Trinajstić information content (AvgIpc) is 3.56. The largest absolute Gasteiger partial charge is 0.395 e. The second-order valence-electron chi connectivity index (χ2n) is 7.82. The fourth-order valence-electron chi connectivity index (χ4n) is 3.98. The van der Waals surface area contributed by atoms with Crippen molar-refractivity contribution in [2.45, 2.75) is 44.3 Å². The third-order valence-corrected chi connectivity index (χ3v) is 7.32. The topological polar surface area (TPSA) is 144 Å². The normalized spacial score (nSPS) is 14.7. The SMILES string of the molecule is NC(=O)c1nsc(C(=O)N(Cc2cccs2)C(C(=O)NC2CCCC2)c2ccncc2)c1N. The Kier molecular flexibility index (Phi) is 6.99. The Bertz CT molecular complexity index is 1130. The lowest BCUT2D eigenvalue weighted by Crippen LogP contribution is -2.45. The molecule has 0 aliphatic heterocycles. The molecule has 1 aliphatic carbocycles. The van der Waals surface area contributed by atoms with Gasteiger partial charge in [0.15, 0.2) is 5.69 Å². The van der Waals surface area contributed by atoms with Crippen LogP contribution in [0.5, 0.6) is 0 Å². The van der Waals surface area contributed by atoms with E-state index in [-0.39, 0.29) is 34.8 Å². The van der Waals surface area contributed by atoms with Gasteiger partial charge >= 0.3 is 0 Å². The summed E-state index contributed by atoms with van der Waals surface area (Å²) in [5, 5.41) is 5.02. The standard InChI is InChI=1S/C22H24N6O3S2/c23-16-17(20(24)29)27-33-19(16)22(31)28(12-15-6-3-11-32-15)18(13-7-9-25-10-8-13)21(30)26-14-4-1-2-5-14/h3,6-11,14,18H,1-2,4-5,12,23H2,(H2,24,29)(H,26,30). The molecule has 0 bridgehead atoms. The van der Waals surface area contributed by atoms with E-state index in [9.17, 15) is 14.4 Å². The summed E-state index contributed by atoms with van der Waals surface area (Å²) in [6.45, 7) is 0.185. The number of pyridine rings is 1. The number of primary amides is 1. The first-order chi connectivity index (χ1) is 16.0. The first kappa shape index (κ1) is 22.9. The van der Waals surface area contributed by atoms with Gasteiger partial charge < -0.3 is 21.7 Å². The maximum absolute atomic E-state index is 13.8. The molecule has 172 valence electrons. The van der Waals surface area contributed by atoms with Gasteiger partial charge in [-0.05, 0) is 53.5 Å². The summed E-state index contributed by atoms with van der Waals surface area (Å²) in [7, 11) is 0. The lowest BCUT2D eigenvalue weighted by atomic mass is 10.0. The molecule has 0 saturated heterocycles. The number of aromatic nitrogens is 2. The highest BCUT2D eigenvalue weighted by Gasteiger charge is 2.36. The Morgan fingerprint density at radius 2 is 1.91 bits per heavy atom. The number of hydrogen-bond acceptors (Lipinski definition) is 8. The highest BCUT2D eigenvalue weighted by atomic mass is 32.1. The van der Waals surface area contributed by atoms with E-state index in [1.54, 1.807) is 24.5 Å². The molecule has 4 rings (SSSR count). The Morgan fingerprint density at radius 1 is 1.18 bits per heavy atom. The van der Waals surface area contributed by atoms with Crippen molar-refractivity contribution in [2.75, 3.05) is 5.73 Å². The second kappa shape index (κ2) is 10.1. The number of thiophene rings is 1. The summed E-state index contributed by atoms with van der Waals surface area (Å²) >= 11 is 2.28. The van der Waals surface area contributed by atoms with Crippen LogP contribution < -0.4 is 16.8 Å². The predicted octanol–water partition coefficient (Wildman–Crippen LogP) is 2.72. The smallest absolute Gasteiger partial charge is 0.270 e. The van der Waals surface area contributed by atoms with Crippen LogP contribution in [0.2, 0.25) is 0 Å². The number of anilines is 1. The van der Waals surface area contributed by atoms with Crippen molar-refractivity contribution in [2.24, 2.45) is 5.73 Å². The minimum absolute atomic E-state index is 0.0710. The van der Waals surface area contributed by atoms with Crippen LogP contribution in [0.1, 0.15) is 62.3 Å². The van der Waals surface area contributed by atoms with Crippen molar-refractivity contribution < 1.29 is 14.4 Å². The maximum atomic E-state index is 13.8. The van der Waals surface area contributed by atoms with Crippen molar-refractivity contribution >= 4 is 46.3 Å². The molecule has 9 nitrogen and oxygen atoms in total. The molecule has 1 saturated carbocycles. The van der Waals surface area contributed by atoms with E-state index in [1.165, 1.54) is 16.2 Å². The van der Waals surface area contributed by atoms with Gasteiger partial charge in [0.05, 0.1) is 12.2 Å². The van der Waals surface area contributed by atoms with Gasteiger partial charge in [0.25, 0.3) is 11.8 Å². The van der Waals surface area contributed by atoms with Crippen molar-refractivity contribution in [3.05, 3.63) is 63.1 Å². The van der Waals surface area contributed by atoms with Crippen LogP contribution in [0.4, 0.5) is 5.69 Å². The molecule has 1 aliphatic rings. The Labute approximate surface area is 199 Å². The third-order valence-electron chi connectivity index (χ3n) is 5.61. The number of hydrogen-bond donors (Lipinski definition) is 3. The zero-order chi connectivity index (χ0) is 23.4. The van der Waals surface area contributed by atoms with Gasteiger partial charge in [-0.1, -0.05) is 18.9 Å². The zero-order valence-corrected chi connectivity index (χ0v) is 19.4. The first-order valence-corrected chi connectivity index (χ1v) is 12.2. The number of nitrogen functional groups attached to an aromatic ring is 1. The molecule has 5 N–H and O–H groups in total. The molecule has 3 aromatic rings. The number of rotatable bonds is 8. The van der Waals surface area contributed by atoms with E-state index in [0.29, 0.717) is 5.56 Å². The van der Waals surface area contributed by atoms with Crippen molar-refractivity contribution in [1.29, 1.82) is 0 Å². The van der Waals surface area contributed by atoms with Crippen molar-refractivity contribution in [3.63, 3.8) is 0 Å². The summed E-state index contributed by atoms with van der Waals surface area (Å²) in [5.74, 6) is -1.57. The number of carbonyl (C=O) groups is 3. The van der Waals surface area contributed by atoms with Gasteiger partial charge in [0, 0.05) is 23.3 Å². The van der Waals surface area contributed by atoms with Gasteiger partial charge in [-0.3, -0.25) is 19.4 Å². The molecule has 1 atom stereocenters. The molecular formula is C22H24N6O3S2. The minimum atomic E-state index is -0.915. The van der Waals surface area contributed by atoms with E-state index in [4.69, 9.17) is 11.5 Å². The molecule has 0 radical (unpaired) electrons. The molecule has 3 amide bonds. The number of carbonyl (C=O) groups excluding carboxylic acids is 3. The summed E-state index contributed by atoms with van der Waals surface area (Å²) in [5.41, 5.74) is 11.8. The van der Waals surface area contributed by atoms with Crippen LogP contribution >= 0.6 is 22.9 Å². The number of amides is 3. The van der Waals surface area contributed by atoms with E-state index >= 15 is 0 Å². The third kappa shape index (κ3) is 5.04. The van der Waals surface area contributed by atoms with Crippen molar-refractivity contribution in [3.8, 4) is 0 Å². The highest BCUT2D eigenvalue weighted by Crippen LogP contribution is 2.31. The molecule has 0 aromatic carbocycles. The van der Waals surface area contributed by atoms with E-state index < -0.39 is 17.9 Å². The van der Waals surface area contributed by atoms with Crippen LogP contribution in [0.3, 0.4) is 0 Å². The van der Waals surface area contributed by atoms with E-state index in [0.717, 1.165) is 42.1 Å². The van der Waals surface area contributed by atoms with Crippen molar-refractivity contribution in [1.82, 2.24) is 19.6 Å². The minimum Gasteiger partial charge on any atom is -0.395 e. The Balaban J connectivity index is 1.75. The number of nitrogens with one attached hydrogen (secondary N) is 1. The lowest BCUT2D eigenvalue weighted by molar-refractivity contribution is -0.126.